The molecule has 0 atom stereocenters. The third kappa shape index (κ3) is 12.7. The van der Waals surface area contributed by atoms with Crippen LogP contribution in [0.4, 0.5) is 4.79 Å². The van der Waals surface area contributed by atoms with Crippen molar-refractivity contribution >= 4 is 12.1 Å². The number of alkyl carbamates (subject to hydrolysis) is 1. The van der Waals surface area contributed by atoms with Crippen molar-refractivity contribution in [2.24, 2.45) is 4.99 Å². The molecule has 136 valence electrons. The van der Waals surface area contributed by atoms with Crippen molar-refractivity contribution in [2.45, 2.75) is 46.6 Å². The number of nitrogens with zero attached hydrogens (tertiary/aromatic N) is 2. The van der Waals surface area contributed by atoms with E-state index in [9.17, 15) is 4.79 Å². The van der Waals surface area contributed by atoms with Gasteiger partial charge in [-0.3, -0.25) is 4.99 Å². The first-order chi connectivity index (χ1) is 10.8. The van der Waals surface area contributed by atoms with Crippen LogP contribution in [0.5, 0.6) is 0 Å². The number of carbonyl (C=O) groups excluding carboxylic acids is 1. The van der Waals surface area contributed by atoms with Gasteiger partial charge in [0.25, 0.3) is 0 Å². The van der Waals surface area contributed by atoms with Gasteiger partial charge in [0.05, 0.1) is 0 Å². The fourth-order valence-electron chi connectivity index (χ4n) is 1.93. The van der Waals surface area contributed by atoms with Crippen LogP contribution in [0.1, 0.15) is 41.0 Å². The molecule has 0 rings (SSSR count). The van der Waals surface area contributed by atoms with Gasteiger partial charge >= 0.3 is 6.09 Å². The molecule has 0 saturated heterocycles. The number of aliphatic imine (C=N–C) groups is 1. The summed E-state index contributed by atoms with van der Waals surface area (Å²) in [5.41, 5.74) is -0.472. The first-order valence-corrected chi connectivity index (χ1v) is 8.46. The van der Waals surface area contributed by atoms with Crippen molar-refractivity contribution in [3.05, 3.63) is 0 Å². The highest BCUT2D eigenvalue weighted by atomic mass is 16.6. The van der Waals surface area contributed by atoms with Gasteiger partial charge in [0, 0.05) is 26.7 Å². The molecule has 0 aliphatic heterocycles. The van der Waals surface area contributed by atoms with Crippen LogP contribution in [0.3, 0.4) is 0 Å². The third-order valence-corrected chi connectivity index (χ3v) is 3.15. The van der Waals surface area contributed by atoms with E-state index < -0.39 is 11.7 Å². The smallest absolute Gasteiger partial charge is 0.407 e. The van der Waals surface area contributed by atoms with Gasteiger partial charge in [-0.15, -0.1) is 0 Å². The van der Waals surface area contributed by atoms with Crippen molar-refractivity contribution < 1.29 is 9.53 Å². The minimum Gasteiger partial charge on any atom is -0.444 e. The predicted octanol–water partition coefficient (Wildman–Crippen LogP) is 1.41. The zero-order valence-corrected chi connectivity index (χ0v) is 15.7. The largest absolute Gasteiger partial charge is 0.444 e. The fraction of sp³-hybridized carbons (Fsp3) is 0.875. The number of rotatable bonds is 9. The van der Waals surface area contributed by atoms with Crippen LogP contribution >= 0.6 is 0 Å². The Labute approximate surface area is 141 Å². The summed E-state index contributed by atoms with van der Waals surface area (Å²) in [5.74, 6) is 0.746. The summed E-state index contributed by atoms with van der Waals surface area (Å²) in [6.07, 6.45) is 0.667. The summed E-state index contributed by atoms with van der Waals surface area (Å²) in [7, 11) is 1.74. The summed E-state index contributed by atoms with van der Waals surface area (Å²) in [5, 5.41) is 9.13. The molecular formula is C16H35N5O2. The maximum atomic E-state index is 11.5. The van der Waals surface area contributed by atoms with E-state index in [2.05, 4.69) is 39.7 Å². The molecule has 0 fully saturated rings. The molecule has 0 heterocycles. The number of guanidine groups is 1. The molecule has 0 bridgehead atoms. The average molecular weight is 329 g/mol. The van der Waals surface area contributed by atoms with Crippen LogP contribution in [0.25, 0.3) is 0 Å². The lowest BCUT2D eigenvalue weighted by Crippen LogP contribution is -2.43. The van der Waals surface area contributed by atoms with Gasteiger partial charge in [0.2, 0.25) is 0 Å². The van der Waals surface area contributed by atoms with Crippen LogP contribution in [0, 0.1) is 0 Å². The Bertz CT molecular complexity index is 349. The minimum atomic E-state index is -0.472. The van der Waals surface area contributed by atoms with E-state index in [0.29, 0.717) is 13.1 Å². The second-order valence-electron chi connectivity index (χ2n) is 6.23. The highest BCUT2D eigenvalue weighted by Gasteiger charge is 2.15. The molecule has 3 N–H and O–H groups in total. The number of amides is 1. The van der Waals surface area contributed by atoms with Crippen molar-refractivity contribution in [1.29, 1.82) is 0 Å². The van der Waals surface area contributed by atoms with Gasteiger partial charge in [-0.05, 0) is 46.8 Å². The van der Waals surface area contributed by atoms with Gasteiger partial charge in [0.15, 0.2) is 5.96 Å². The normalized spacial score (nSPS) is 12.2. The summed E-state index contributed by atoms with van der Waals surface area (Å²) in [6.45, 7) is 15.1. The highest BCUT2D eigenvalue weighted by Crippen LogP contribution is 2.05. The number of hydrogen-bond acceptors (Lipinski definition) is 4. The Morgan fingerprint density at radius 2 is 1.61 bits per heavy atom. The number of ether oxygens (including phenoxy) is 1. The third-order valence-electron chi connectivity index (χ3n) is 3.15. The zero-order valence-electron chi connectivity index (χ0n) is 15.7. The molecule has 0 unspecified atom stereocenters. The molecule has 0 spiro atoms. The molecular weight excluding hydrogens is 294 g/mol. The van der Waals surface area contributed by atoms with E-state index in [1.54, 1.807) is 7.05 Å². The lowest BCUT2D eigenvalue weighted by molar-refractivity contribution is 0.0529. The monoisotopic (exact) mass is 329 g/mol. The van der Waals surface area contributed by atoms with Gasteiger partial charge < -0.3 is 25.6 Å². The summed E-state index contributed by atoms with van der Waals surface area (Å²) >= 11 is 0. The van der Waals surface area contributed by atoms with Crippen LogP contribution in [-0.4, -0.2) is 68.9 Å². The summed E-state index contributed by atoms with van der Waals surface area (Å²) < 4.78 is 5.17. The zero-order chi connectivity index (χ0) is 17.7. The highest BCUT2D eigenvalue weighted by molar-refractivity contribution is 5.79. The molecule has 0 aliphatic carbocycles. The molecule has 0 aromatic rings. The Hall–Kier alpha value is -1.50. The van der Waals surface area contributed by atoms with Gasteiger partial charge in [-0.1, -0.05) is 13.8 Å². The van der Waals surface area contributed by atoms with Crippen LogP contribution in [0.2, 0.25) is 0 Å². The van der Waals surface area contributed by atoms with Crippen LogP contribution in [0.15, 0.2) is 4.99 Å². The molecule has 0 aliphatic rings. The van der Waals surface area contributed by atoms with Gasteiger partial charge in [0.1, 0.15) is 5.60 Å². The number of carbonyl (C=O) groups is 1. The molecule has 23 heavy (non-hydrogen) atoms. The molecule has 7 heteroatoms. The lowest BCUT2D eigenvalue weighted by Gasteiger charge is -2.20. The standard InChI is InChI=1S/C16H35N5O2/c1-7-21(8-2)13-9-10-18-14(17-6)19-11-12-20-15(22)23-16(3,4)5/h7-13H2,1-6H3,(H,20,22)(H2,17,18,19). The number of nitrogens with one attached hydrogen (secondary N) is 3. The second-order valence-corrected chi connectivity index (χ2v) is 6.23. The van der Waals surface area contributed by atoms with Gasteiger partial charge in [-0.25, -0.2) is 4.79 Å². The van der Waals surface area contributed by atoms with E-state index in [0.717, 1.165) is 38.6 Å². The molecule has 0 aromatic heterocycles. The minimum absolute atomic E-state index is 0.401. The van der Waals surface area contributed by atoms with Crippen LogP contribution < -0.4 is 16.0 Å². The quantitative estimate of drug-likeness (QED) is 0.339. The molecule has 1 amide bonds. The predicted molar refractivity (Wildman–Crippen MR) is 96.0 cm³/mol. The van der Waals surface area contributed by atoms with E-state index in [1.165, 1.54) is 0 Å². The molecule has 7 nitrogen and oxygen atoms in total. The second kappa shape index (κ2) is 12.0. The first kappa shape index (κ1) is 21.5. The SMILES string of the molecule is CCN(CC)CCCNC(=NC)NCCNC(=O)OC(C)(C)C. The van der Waals surface area contributed by atoms with E-state index in [1.807, 2.05) is 20.8 Å². The van der Waals surface area contributed by atoms with E-state index >= 15 is 0 Å². The van der Waals surface area contributed by atoms with Gasteiger partial charge in [-0.2, -0.15) is 0 Å². The van der Waals surface area contributed by atoms with E-state index in [4.69, 9.17) is 4.74 Å². The van der Waals surface area contributed by atoms with Crippen molar-refractivity contribution in [3.63, 3.8) is 0 Å². The fourth-order valence-corrected chi connectivity index (χ4v) is 1.93. The Morgan fingerprint density at radius 3 is 2.13 bits per heavy atom. The summed E-state index contributed by atoms with van der Waals surface area (Å²) in [4.78, 5) is 18.0. The Kier molecular flexibility index (Phi) is 11.2. The topological polar surface area (TPSA) is 78.0 Å². The maximum Gasteiger partial charge on any atom is 0.407 e. The molecule has 0 aromatic carbocycles. The average Bonchev–Trinajstić information content (AvgIpc) is 2.47. The van der Waals surface area contributed by atoms with Crippen molar-refractivity contribution in [3.8, 4) is 0 Å². The Morgan fingerprint density at radius 1 is 1.04 bits per heavy atom. The van der Waals surface area contributed by atoms with Crippen molar-refractivity contribution in [2.75, 3.05) is 46.3 Å². The van der Waals surface area contributed by atoms with E-state index in [-0.39, 0.29) is 0 Å². The number of hydrogen-bond donors (Lipinski definition) is 3. The van der Waals surface area contributed by atoms with Crippen LogP contribution in [-0.2, 0) is 4.74 Å². The first-order valence-electron chi connectivity index (χ1n) is 8.46. The summed E-state index contributed by atoms with van der Waals surface area (Å²) in [6, 6.07) is 0. The lowest BCUT2D eigenvalue weighted by atomic mass is 10.2. The maximum absolute atomic E-state index is 11.5. The molecule has 0 saturated carbocycles. The molecule has 0 radical (unpaired) electrons. The van der Waals surface area contributed by atoms with Crippen molar-refractivity contribution in [1.82, 2.24) is 20.9 Å². The Balaban J connectivity index is 3.77.